The van der Waals surface area contributed by atoms with Crippen LogP contribution in [0.3, 0.4) is 0 Å². The maximum Gasteiger partial charge on any atom is 0.253 e. The summed E-state index contributed by atoms with van der Waals surface area (Å²) < 4.78 is 101. The summed E-state index contributed by atoms with van der Waals surface area (Å²) in [5, 5.41) is -0.391. The lowest BCUT2D eigenvalue weighted by molar-refractivity contribution is 0.0389. The van der Waals surface area contributed by atoms with E-state index in [0.29, 0.717) is 4.90 Å². The highest BCUT2D eigenvalue weighted by molar-refractivity contribution is 6.31. The first-order valence-electron chi connectivity index (χ1n) is 12.6. The monoisotopic (exact) mass is 402 g/mol. The molecule has 3 rings (SSSR count). The lowest BCUT2D eigenvalue weighted by Crippen LogP contribution is -2.44. The van der Waals surface area contributed by atoms with Crippen LogP contribution in [0.15, 0.2) is 30.6 Å². The maximum absolute atomic E-state index is 16.0. The minimum absolute atomic E-state index is 0.207. The van der Waals surface area contributed by atoms with E-state index in [1.807, 2.05) is 0 Å². The number of likely N-dealkylation sites (tertiary alicyclic amines) is 1. The highest BCUT2D eigenvalue weighted by Crippen LogP contribution is 2.32. The summed E-state index contributed by atoms with van der Waals surface area (Å²) in [6.45, 7) is -6.19. The van der Waals surface area contributed by atoms with Gasteiger partial charge in [-0.3, -0.25) is 4.79 Å². The van der Waals surface area contributed by atoms with E-state index in [1.54, 1.807) is 0 Å². The van der Waals surface area contributed by atoms with Crippen LogP contribution in [0.25, 0.3) is 0 Å². The van der Waals surface area contributed by atoms with E-state index < -0.39 is 80.1 Å². The van der Waals surface area contributed by atoms with Crippen molar-refractivity contribution in [1.29, 1.82) is 0 Å². The zero-order chi connectivity index (χ0) is 27.3. The smallest absolute Gasteiger partial charge is 0.253 e. The molecule has 1 aromatic heterocycles. The van der Waals surface area contributed by atoms with E-state index in [4.69, 9.17) is 23.9 Å². The Morgan fingerprint density at radius 1 is 1.48 bits per heavy atom. The van der Waals surface area contributed by atoms with Crippen molar-refractivity contribution < 1.29 is 25.9 Å². The predicted molar refractivity (Wildman–Crippen MR) is 100 cm³/mol. The first-order valence-corrected chi connectivity index (χ1v) is 8.50. The number of aryl methyl sites for hydroxylation is 2. The number of rotatable bonds is 5. The van der Waals surface area contributed by atoms with E-state index in [1.165, 1.54) is 0 Å². The van der Waals surface area contributed by atoms with Crippen molar-refractivity contribution in [2.24, 2.45) is 0 Å². The molecular formula is C20H22ClF2N3O. The van der Waals surface area contributed by atoms with Gasteiger partial charge in [0, 0.05) is 49.7 Å². The molecule has 0 N–H and O–H groups in total. The minimum Gasteiger partial charge on any atom is -0.338 e. The molecule has 1 amide bonds. The number of amides is 1. The van der Waals surface area contributed by atoms with Gasteiger partial charge >= 0.3 is 0 Å². The lowest BCUT2D eigenvalue weighted by Gasteiger charge is -2.36. The van der Waals surface area contributed by atoms with Gasteiger partial charge < -0.3 is 4.90 Å². The molecule has 0 bridgehead atoms. The quantitative estimate of drug-likeness (QED) is 0.737. The van der Waals surface area contributed by atoms with E-state index in [0.717, 1.165) is 30.6 Å². The molecule has 2 aromatic rings. The Balaban J connectivity index is 1.81. The summed E-state index contributed by atoms with van der Waals surface area (Å²) in [7, 11) is 0. The lowest BCUT2D eigenvalue weighted by atomic mass is 9.88. The predicted octanol–water partition coefficient (Wildman–Crippen LogP) is 4.54. The largest absolute Gasteiger partial charge is 0.338 e. The van der Waals surface area contributed by atoms with Crippen molar-refractivity contribution in [3.05, 3.63) is 58.4 Å². The Hall–Kier alpha value is -2.08. The number of hydrogen-bond donors (Lipinski definition) is 0. The van der Waals surface area contributed by atoms with Crippen LogP contribution >= 0.6 is 11.6 Å². The normalized spacial score (nSPS) is 29.6. The molecule has 0 aliphatic carbocycles. The molecule has 1 unspecified atom stereocenters. The summed E-state index contributed by atoms with van der Waals surface area (Å²) in [4.78, 5) is 20.8. The number of carbonyl (C=O) groups excluding carboxylic acids is 1. The molecule has 2 heterocycles. The van der Waals surface area contributed by atoms with E-state index in [9.17, 15) is 9.18 Å². The fraction of sp³-hybridized carbons (Fsp3) is 0.450. The van der Waals surface area contributed by atoms with E-state index >= 15 is 4.39 Å². The van der Waals surface area contributed by atoms with Gasteiger partial charge in [-0.25, -0.2) is 18.7 Å². The average molecular weight is 403 g/mol. The molecular weight excluding hydrogens is 372 g/mol. The van der Waals surface area contributed by atoms with Crippen molar-refractivity contribution in [3.8, 4) is 0 Å². The minimum atomic E-state index is -3.26. The molecule has 1 atom stereocenters. The molecule has 1 aliphatic rings. The Morgan fingerprint density at radius 2 is 2.26 bits per heavy atom. The van der Waals surface area contributed by atoms with Gasteiger partial charge in [-0.05, 0) is 56.2 Å². The summed E-state index contributed by atoms with van der Waals surface area (Å²) in [6, 6.07) is 2.92. The fourth-order valence-electron chi connectivity index (χ4n) is 2.49. The van der Waals surface area contributed by atoms with Gasteiger partial charge in [-0.15, -0.1) is 0 Å². The topological polar surface area (TPSA) is 46.1 Å². The van der Waals surface area contributed by atoms with Gasteiger partial charge in [0.15, 0.2) is 0 Å². The van der Waals surface area contributed by atoms with Gasteiger partial charge in [-0.1, -0.05) is 11.6 Å². The molecule has 0 spiro atoms. The molecule has 1 aromatic carbocycles. The highest BCUT2D eigenvalue weighted by atomic mass is 35.5. The number of benzene rings is 1. The third-order valence-electron chi connectivity index (χ3n) is 4.01. The summed E-state index contributed by atoms with van der Waals surface area (Å²) in [5.74, 6) is -2.24. The maximum atomic E-state index is 16.0. The second-order valence-electron chi connectivity index (χ2n) is 6.01. The molecule has 1 saturated heterocycles. The standard InChI is InChI=1S/C20H22ClF2N3O/c1-14-12-24-18(25-13-14)3-2-6-20(23)7-9-26(10-8-20)19(27)15-4-5-17(22)16(21)11-15/h4-5,11-13H,2-3,6-10H2,1H3/i1D3,3D2,7D2,9D2. The van der Waals surface area contributed by atoms with Crippen LogP contribution in [0.1, 0.15) is 59.7 Å². The molecule has 7 heteroatoms. The third kappa shape index (κ3) is 5.01. The first-order chi connectivity index (χ1) is 16.3. The number of piperidine rings is 1. The van der Waals surface area contributed by atoms with Gasteiger partial charge in [0.05, 0.1) is 5.02 Å². The zero-order valence-corrected chi connectivity index (χ0v) is 14.9. The number of carbonyl (C=O) groups is 1. The van der Waals surface area contributed by atoms with Crippen molar-refractivity contribution >= 4 is 17.5 Å². The third-order valence-corrected chi connectivity index (χ3v) is 4.30. The van der Waals surface area contributed by atoms with Crippen LogP contribution in [-0.2, 0) is 6.37 Å². The van der Waals surface area contributed by atoms with Gasteiger partial charge in [0.25, 0.3) is 5.91 Å². The van der Waals surface area contributed by atoms with Gasteiger partial charge in [0.2, 0.25) is 0 Å². The van der Waals surface area contributed by atoms with E-state index in [-0.39, 0.29) is 11.1 Å². The molecule has 27 heavy (non-hydrogen) atoms. The first kappa shape index (κ1) is 11.1. The second kappa shape index (κ2) is 8.30. The van der Waals surface area contributed by atoms with Crippen LogP contribution in [0.4, 0.5) is 8.78 Å². The van der Waals surface area contributed by atoms with Crippen molar-refractivity contribution in [2.45, 2.75) is 44.5 Å². The Bertz CT molecular complexity index is 1150. The van der Waals surface area contributed by atoms with Crippen LogP contribution in [0.2, 0.25) is 5.02 Å². The van der Waals surface area contributed by atoms with Crippen LogP contribution < -0.4 is 0 Å². The second-order valence-corrected chi connectivity index (χ2v) is 6.42. The zero-order valence-electron chi connectivity index (χ0n) is 23.1. The van der Waals surface area contributed by atoms with E-state index in [2.05, 4.69) is 9.97 Å². The Labute approximate surface area is 175 Å². The molecule has 144 valence electrons. The van der Waals surface area contributed by atoms with Crippen LogP contribution in [0.5, 0.6) is 0 Å². The summed E-state index contributed by atoms with van der Waals surface area (Å²) in [6.07, 6.45) is -5.85. The molecule has 1 fully saturated rings. The number of halogens is 3. The SMILES string of the molecule is [2H]C([2H])([2H])c1cnc(C([2H])([2H])CCC2(F)CCN(C(=O)c3ccc(F)c(Cl)c3)C([2H])([2H])C2([2H])[2H])nc1. The summed E-state index contributed by atoms with van der Waals surface area (Å²) in [5.41, 5.74) is -3.30. The number of alkyl halides is 1. The molecule has 0 saturated carbocycles. The number of nitrogens with zero attached hydrogens (tertiary/aromatic N) is 3. The van der Waals surface area contributed by atoms with Crippen LogP contribution in [0, 0.1) is 12.7 Å². The van der Waals surface area contributed by atoms with Crippen molar-refractivity contribution in [1.82, 2.24) is 14.9 Å². The molecule has 4 nitrogen and oxygen atoms in total. The highest BCUT2D eigenvalue weighted by Gasteiger charge is 2.35. The average Bonchev–Trinajstić information content (AvgIpc) is 2.78. The van der Waals surface area contributed by atoms with Crippen molar-refractivity contribution in [3.63, 3.8) is 0 Å². The van der Waals surface area contributed by atoms with Crippen molar-refractivity contribution in [2.75, 3.05) is 13.0 Å². The molecule has 0 radical (unpaired) electrons. The Kier molecular flexibility index (Phi) is 3.40. The fourth-order valence-corrected chi connectivity index (χ4v) is 2.67. The number of aromatic nitrogens is 2. The van der Waals surface area contributed by atoms with Gasteiger partial charge in [-0.2, -0.15) is 0 Å². The van der Waals surface area contributed by atoms with Gasteiger partial charge in [0.1, 0.15) is 17.3 Å². The van der Waals surface area contributed by atoms with Crippen LogP contribution in [-0.4, -0.2) is 39.5 Å². The Morgan fingerprint density at radius 3 is 2.96 bits per heavy atom. The summed E-state index contributed by atoms with van der Waals surface area (Å²) >= 11 is 5.69. The number of hydrogen-bond acceptors (Lipinski definition) is 3. The molecule has 1 aliphatic heterocycles.